The van der Waals surface area contributed by atoms with Gasteiger partial charge in [0.15, 0.2) is 11.6 Å². The lowest BCUT2D eigenvalue weighted by atomic mass is 9.88. The second kappa shape index (κ2) is 18.4. The zero-order valence-corrected chi connectivity index (χ0v) is 35.2. The normalized spacial score (nSPS) is 13.4. The van der Waals surface area contributed by atoms with Crippen molar-refractivity contribution in [2.45, 2.75) is 124 Å². The van der Waals surface area contributed by atoms with Crippen molar-refractivity contribution in [2.75, 3.05) is 17.7 Å². The zero-order chi connectivity index (χ0) is 40.8. The monoisotopic (exact) mass is 784 g/mol. The van der Waals surface area contributed by atoms with Crippen molar-refractivity contribution < 1.29 is 14.3 Å². The maximum Gasteiger partial charge on any atom is 0.277 e. The van der Waals surface area contributed by atoms with Crippen molar-refractivity contribution in [2.24, 2.45) is 14.1 Å². The summed E-state index contributed by atoms with van der Waals surface area (Å²) in [4.78, 5) is 60.2. The van der Waals surface area contributed by atoms with Gasteiger partial charge in [-0.1, -0.05) is 53.1 Å². The van der Waals surface area contributed by atoms with Gasteiger partial charge in [0, 0.05) is 55.7 Å². The maximum atomic E-state index is 13.2. The average molecular weight is 785 g/mol. The third kappa shape index (κ3) is 8.48. The molecular weight excluding hydrogens is 728 g/mol. The molecule has 6 rings (SSSR count). The molecule has 0 saturated carbocycles. The number of hydrogen-bond donors (Lipinski definition) is 2. The molecular formula is C44H57ClN6O5. The molecule has 4 aromatic rings. The van der Waals surface area contributed by atoms with Crippen LogP contribution in [0.1, 0.15) is 130 Å². The van der Waals surface area contributed by atoms with E-state index in [1.54, 1.807) is 42.5 Å². The van der Waals surface area contributed by atoms with Crippen LogP contribution in [0.3, 0.4) is 0 Å². The van der Waals surface area contributed by atoms with Crippen LogP contribution >= 0.6 is 11.6 Å². The number of Topliss-reactive ketones (excluding diaryl/α,β-unsaturated/α-hetero) is 2. The van der Waals surface area contributed by atoms with E-state index in [0.717, 1.165) is 72.2 Å². The number of ether oxygens (including phenoxy) is 1. The standard InChI is InChI=1S/C23H31N3O3.C21H26ClN3O2/c1-6-15(7-2)24-21-18(8-3)25-22(26(4)23(21)28)17-12-14-10-9-11-19(27)16(14)13-20(17)29-5;1-5-13(6-2)23-19-17(7-3)24-20(25(4)21(19)27)15-10-12-8-9-18(26)14(12)11-16(15)22/h12-13,15,24H,6-11H2,1-5H3;10-11,13,23H,5-9H2,1-4H3. The molecule has 0 saturated heterocycles. The molecule has 2 N–H and O–H groups in total. The summed E-state index contributed by atoms with van der Waals surface area (Å²) in [5.41, 5.74) is 7.32. The lowest BCUT2D eigenvalue weighted by Gasteiger charge is -2.22. The molecule has 0 fully saturated rings. The summed E-state index contributed by atoms with van der Waals surface area (Å²) in [6.07, 6.45) is 8.55. The van der Waals surface area contributed by atoms with Gasteiger partial charge in [-0.3, -0.25) is 28.3 Å². The molecule has 2 aliphatic rings. The van der Waals surface area contributed by atoms with Crippen molar-refractivity contribution in [3.05, 3.63) is 83.6 Å². The number of benzene rings is 2. The van der Waals surface area contributed by atoms with Crippen LogP contribution in [0.25, 0.3) is 22.8 Å². The smallest absolute Gasteiger partial charge is 0.277 e. The fourth-order valence-electron chi connectivity index (χ4n) is 7.62. The molecule has 0 bridgehead atoms. The van der Waals surface area contributed by atoms with E-state index in [-0.39, 0.29) is 34.8 Å². The fraction of sp³-hybridized carbons (Fsp3) is 0.500. The number of nitrogens with one attached hydrogen (secondary N) is 2. The number of aryl methyl sites for hydroxylation is 4. The van der Waals surface area contributed by atoms with E-state index in [9.17, 15) is 19.2 Å². The minimum Gasteiger partial charge on any atom is -0.496 e. The summed E-state index contributed by atoms with van der Waals surface area (Å²) in [6, 6.07) is 7.89. The molecule has 2 aliphatic carbocycles. The van der Waals surface area contributed by atoms with Crippen LogP contribution in [0.15, 0.2) is 33.9 Å². The van der Waals surface area contributed by atoms with Gasteiger partial charge in [0.25, 0.3) is 11.1 Å². The van der Waals surface area contributed by atoms with Crippen LogP contribution in [0.5, 0.6) is 5.75 Å². The minimum absolute atomic E-state index is 0.0883. The Hall–Kier alpha value is -4.77. The highest BCUT2D eigenvalue weighted by Crippen LogP contribution is 2.36. The molecule has 56 heavy (non-hydrogen) atoms. The number of halogens is 1. The van der Waals surface area contributed by atoms with Crippen LogP contribution in [0, 0.1) is 0 Å². The predicted octanol–water partition coefficient (Wildman–Crippen LogP) is 8.53. The molecule has 0 amide bonds. The number of carbonyl (C=O) groups excluding carboxylic acids is 2. The SMILES string of the molecule is CCc1nc(-c2cc3c(cc2Cl)C(=O)CC3)n(C)c(=O)c1NC(CC)CC.CCc1nc(-c2cc3c(cc2OC)C(=O)CCC3)n(C)c(=O)c1NC(CC)CC. The predicted molar refractivity (Wildman–Crippen MR) is 226 cm³/mol. The molecule has 0 unspecified atom stereocenters. The molecule has 0 aliphatic heterocycles. The van der Waals surface area contributed by atoms with Gasteiger partial charge in [-0.2, -0.15) is 0 Å². The molecule has 300 valence electrons. The molecule has 11 nitrogen and oxygen atoms in total. The number of rotatable bonds is 13. The second-order valence-corrected chi connectivity index (χ2v) is 15.1. The quantitative estimate of drug-likeness (QED) is 0.137. The summed E-state index contributed by atoms with van der Waals surface area (Å²) in [5.74, 6) is 1.96. The van der Waals surface area contributed by atoms with Crippen molar-refractivity contribution in [3.8, 4) is 28.5 Å². The number of carbonyl (C=O) groups is 2. The van der Waals surface area contributed by atoms with E-state index in [0.29, 0.717) is 77.0 Å². The third-order valence-electron chi connectivity index (χ3n) is 11.2. The van der Waals surface area contributed by atoms with Crippen LogP contribution in [0.2, 0.25) is 5.02 Å². The largest absolute Gasteiger partial charge is 0.496 e. The fourth-order valence-corrected chi connectivity index (χ4v) is 7.87. The van der Waals surface area contributed by atoms with Crippen molar-refractivity contribution in [3.63, 3.8) is 0 Å². The number of methoxy groups -OCH3 is 1. The number of fused-ring (bicyclic) bond motifs is 2. The second-order valence-electron chi connectivity index (χ2n) is 14.7. The Balaban J connectivity index is 0.000000215. The van der Waals surface area contributed by atoms with Crippen LogP contribution in [-0.4, -0.2) is 49.9 Å². The Morgan fingerprint density at radius 3 is 1.61 bits per heavy atom. The number of aromatic nitrogens is 4. The Morgan fingerprint density at radius 1 is 0.643 bits per heavy atom. The van der Waals surface area contributed by atoms with E-state index >= 15 is 0 Å². The molecule has 0 spiro atoms. The molecule has 0 atom stereocenters. The van der Waals surface area contributed by atoms with Gasteiger partial charge in [0.1, 0.15) is 28.8 Å². The lowest BCUT2D eigenvalue weighted by Crippen LogP contribution is -2.30. The van der Waals surface area contributed by atoms with Gasteiger partial charge < -0.3 is 15.4 Å². The third-order valence-corrected chi connectivity index (χ3v) is 11.6. The minimum atomic E-state index is -0.101. The molecule has 12 heteroatoms. The van der Waals surface area contributed by atoms with Crippen molar-refractivity contribution in [1.82, 2.24) is 19.1 Å². The summed E-state index contributed by atoms with van der Waals surface area (Å²) < 4.78 is 8.72. The van der Waals surface area contributed by atoms with E-state index < -0.39 is 0 Å². The topological polar surface area (TPSA) is 137 Å². The first-order valence-electron chi connectivity index (χ1n) is 20.2. The molecule has 2 heterocycles. The molecule has 2 aromatic heterocycles. The number of nitrogens with zero attached hydrogens (tertiary/aromatic N) is 4. The van der Waals surface area contributed by atoms with Crippen LogP contribution < -0.4 is 26.5 Å². The lowest BCUT2D eigenvalue weighted by molar-refractivity contribution is 0.0969. The molecule has 0 radical (unpaired) electrons. The van der Waals surface area contributed by atoms with E-state index in [1.165, 1.54) is 0 Å². The highest BCUT2D eigenvalue weighted by atomic mass is 35.5. The van der Waals surface area contributed by atoms with Gasteiger partial charge in [0.2, 0.25) is 0 Å². The zero-order valence-electron chi connectivity index (χ0n) is 34.5. The highest BCUT2D eigenvalue weighted by molar-refractivity contribution is 6.33. The van der Waals surface area contributed by atoms with E-state index in [2.05, 4.69) is 38.3 Å². The van der Waals surface area contributed by atoms with Crippen molar-refractivity contribution >= 4 is 34.5 Å². The van der Waals surface area contributed by atoms with Crippen LogP contribution in [-0.2, 0) is 39.8 Å². The summed E-state index contributed by atoms with van der Waals surface area (Å²) in [7, 11) is 5.05. The number of hydrogen-bond acceptors (Lipinski definition) is 9. The summed E-state index contributed by atoms with van der Waals surface area (Å²) in [6.45, 7) is 12.4. The first kappa shape index (κ1) is 42.4. The highest BCUT2D eigenvalue weighted by Gasteiger charge is 2.26. The van der Waals surface area contributed by atoms with E-state index in [4.69, 9.17) is 26.3 Å². The average Bonchev–Trinajstić information content (AvgIpc) is 3.57. The van der Waals surface area contributed by atoms with Gasteiger partial charge in [-0.05, 0) is 93.2 Å². The summed E-state index contributed by atoms with van der Waals surface area (Å²) >= 11 is 6.47. The summed E-state index contributed by atoms with van der Waals surface area (Å²) in [5, 5.41) is 7.23. The van der Waals surface area contributed by atoms with Gasteiger partial charge in [0.05, 0.1) is 29.1 Å². The van der Waals surface area contributed by atoms with Gasteiger partial charge >= 0.3 is 0 Å². The maximum absolute atomic E-state index is 13.2. The van der Waals surface area contributed by atoms with E-state index in [1.807, 2.05) is 26.0 Å². The number of ketones is 2. The van der Waals surface area contributed by atoms with Crippen molar-refractivity contribution in [1.29, 1.82) is 0 Å². The first-order chi connectivity index (χ1) is 26.8. The van der Waals surface area contributed by atoms with Crippen LogP contribution in [0.4, 0.5) is 11.4 Å². The Morgan fingerprint density at radius 2 is 1.11 bits per heavy atom. The first-order valence-corrected chi connectivity index (χ1v) is 20.6. The number of anilines is 2. The van der Waals surface area contributed by atoms with Gasteiger partial charge in [-0.25, -0.2) is 9.97 Å². The van der Waals surface area contributed by atoms with Gasteiger partial charge in [-0.15, -0.1) is 0 Å². The Kier molecular flexibility index (Phi) is 14.0. The Bertz CT molecular complexity index is 2230. The Labute approximate surface area is 335 Å². The molecule has 2 aromatic carbocycles.